The molecule has 0 saturated heterocycles. The Balaban J connectivity index is 2.07. The Morgan fingerprint density at radius 1 is 1.35 bits per heavy atom. The van der Waals surface area contributed by atoms with Gasteiger partial charge in [0, 0.05) is 41.0 Å². The molecule has 0 unspecified atom stereocenters. The first kappa shape index (κ1) is 17.6. The molecular weight excluding hydrogens is 334 g/mol. The summed E-state index contributed by atoms with van der Waals surface area (Å²) in [6.07, 6.45) is 6.12. The summed E-state index contributed by atoms with van der Waals surface area (Å²) in [4.78, 5) is 26.3. The van der Waals surface area contributed by atoms with Crippen LogP contribution < -0.4 is 4.74 Å². The third-order valence-corrected chi connectivity index (χ3v) is 4.22. The number of unbranched alkanes of at least 4 members (excludes halogenated alkanes) is 1. The molecule has 0 atom stereocenters. The fraction of sp³-hybridized carbons (Fsp3) is 0.263. The van der Waals surface area contributed by atoms with E-state index in [1.54, 1.807) is 31.5 Å². The van der Waals surface area contributed by atoms with Gasteiger partial charge in [0.2, 0.25) is 5.88 Å². The third kappa shape index (κ3) is 3.28. The molecule has 2 heterocycles. The Labute approximate surface area is 150 Å². The van der Waals surface area contributed by atoms with Crippen LogP contribution in [-0.4, -0.2) is 27.4 Å². The number of nitrogens with zero attached hydrogens (tertiary/aromatic N) is 3. The number of aryl methyl sites for hydroxylation is 1. The molecule has 26 heavy (non-hydrogen) atoms. The van der Waals surface area contributed by atoms with Gasteiger partial charge in [-0.2, -0.15) is 0 Å². The van der Waals surface area contributed by atoms with E-state index in [-0.39, 0.29) is 5.69 Å². The molecule has 0 spiro atoms. The molecule has 0 N–H and O–H groups in total. The van der Waals surface area contributed by atoms with Gasteiger partial charge in [0.15, 0.2) is 6.29 Å². The summed E-state index contributed by atoms with van der Waals surface area (Å²) in [7, 11) is 0. The number of aromatic nitrogens is 2. The number of aldehydes is 1. The van der Waals surface area contributed by atoms with Gasteiger partial charge in [-0.3, -0.25) is 14.9 Å². The van der Waals surface area contributed by atoms with Crippen LogP contribution in [0.1, 0.15) is 35.7 Å². The molecule has 0 radical (unpaired) electrons. The number of pyridine rings is 1. The van der Waals surface area contributed by atoms with Gasteiger partial charge in [0.05, 0.1) is 23.2 Å². The topological polar surface area (TPSA) is 87.3 Å². The monoisotopic (exact) mass is 353 g/mol. The van der Waals surface area contributed by atoms with Crippen molar-refractivity contribution < 1.29 is 14.5 Å². The molecule has 7 nitrogen and oxygen atoms in total. The second-order valence-electron chi connectivity index (χ2n) is 6.04. The summed E-state index contributed by atoms with van der Waals surface area (Å²) in [6.45, 7) is 4.45. The van der Waals surface area contributed by atoms with E-state index < -0.39 is 4.92 Å². The lowest BCUT2D eigenvalue weighted by atomic mass is 10.1. The van der Waals surface area contributed by atoms with E-state index in [0.717, 1.165) is 41.3 Å². The number of carbonyl (C=O) groups excluding carboxylic acids is 1. The number of nitro groups is 1. The largest absolute Gasteiger partial charge is 0.478 e. The number of benzene rings is 1. The fourth-order valence-electron chi connectivity index (χ4n) is 2.85. The van der Waals surface area contributed by atoms with E-state index in [1.807, 2.05) is 4.57 Å². The lowest BCUT2D eigenvalue weighted by Crippen LogP contribution is -1.99. The Morgan fingerprint density at radius 3 is 2.81 bits per heavy atom. The summed E-state index contributed by atoms with van der Waals surface area (Å²) >= 11 is 0. The van der Waals surface area contributed by atoms with Crippen molar-refractivity contribution in [3.63, 3.8) is 0 Å². The minimum absolute atomic E-state index is 0.0306. The van der Waals surface area contributed by atoms with Gasteiger partial charge >= 0.3 is 0 Å². The first-order valence-corrected chi connectivity index (χ1v) is 8.39. The molecule has 3 rings (SSSR count). The average molecular weight is 353 g/mol. The molecule has 0 saturated carbocycles. The summed E-state index contributed by atoms with van der Waals surface area (Å²) in [5.41, 5.74) is 2.78. The molecule has 0 aliphatic rings. The highest BCUT2D eigenvalue weighted by Gasteiger charge is 2.15. The number of carbonyl (C=O) groups is 1. The van der Waals surface area contributed by atoms with Crippen LogP contribution in [0.15, 0.2) is 36.7 Å². The smallest absolute Gasteiger partial charge is 0.269 e. The van der Waals surface area contributed by atoms with Crippen LogP contribution in [0, 0.1) is 17.0 Å². The number of rotatable bonds is 7. The summed E-state index contributed by atoms with van der Waals surface area (Å²) < 4.78 is 7.44. The molecule has 0 aliphatic carbocycles. The SMILES string of the molecule is CCCCOc1cc2c(C=O)cn(-c3ccc([N+](=O)[O-])cc3C)c2cn1. The zero-order valence-corrected chi connectivity index (χ0v) is 14.6. The van der Waals surface area contributed by atoms with Gasteiger partial charge in [-0.1, -0.05) is 13.3 Å². The van der Waals surface area contributed by atoms with Crippen molar-refractivity contribution in [2.75, 3.05) is 6.61 Å². The van der Waals surface area contributed by atoms with E-state index in [2.05, 4.69) is 11.9 Å². The highest BCUT2D eigenvalue weighted by atomic mass is 16.6. The van der Waals surface area contributed by atoms with E-state index in [1.165, 1.54) is 12.1 Å². The highest BCUT2D eigenvalue weighted by Crippen LogP contribution is 2.29. The van der Waals surface area contributed by atoms with Crippen molar-refractivity contribution in [1.29, 1.82) is 0 Å². The third-order valence-electron chi connectivity index (χ3n) is 4.22. The van der Waals surface area contributed by atoms with Gasteiger partial charge < -0.3 is 9.30 Å². The summed E-state index contributed by atoms with van der Waals surface area (Å²) in [5.74, 6) is 0.479. The average Bonchev–Trinajstić information content (AvgIpc) is 2.99. The highest BCUT2D eigenvalue weighted by molar-refractivity contribution is 5.98. The van der Waals surface area contributed by atoms with Crippen molar-refractivity contribution in [3.8, 4) is 11.6 Å². The van der Waals surface area contributed by atoms with Crippen LogP contribution in [0.4, 0.5) is 5.69 Å². The predicted molar refractivity (Wildman–Crippen MR) is 98.3 cm³/mol. The Morgan fingerprint density at radius 2 is 2.15 bits per heavy atom. The number of non-ortho nitro benzene ring substituents is 1. The zero-order valence-electron chi connectivity index (χ0n) is 14.6. The second-order valence-corrected chi connectivity index (χ2v) is 6.04. The number of hydrogen-bond donors (Lipinski definition) is 0. The standard InChI is InChI=1S/C19H19N3O4/c1-3-4-7-26-19-9-16-14(12-23)11-21(18(16)10-20-19)17-6-5-15(22(24)25)8-13(17)2/h5-6,8-12H,3-4,7H2,1-2H3. The number of nitro benzene ring substituents is 1. The Bertz CT molecular complexity index is 978. The van der Waals surface area contributed by atoms with Gasteiger partial charge in [-0.05, 0) is 25.0 Å². The number of fused-ring (bicyclic) bond motifs is 1. The van der Waals surface area contributed by atoms with Gasteiger partial charge in [-0.25, -0.2) is 4.98 Å². The van der Waals surface area contributed by atoms with Crippen molar-refractivity contribution >= 4 is 22.9 Å². The van der Waals surface area contributed by atoms with E-state index >= 15 is 0 Å². The zero-order chi connectivity index (χ0) is 18.7. The van der Waals surface area contributed by atoms with E-state index in [4.69, 9.17) is 4.74 Å². The lowest BCUT2D eigenvalue weighted by Gasteiger charge is -2.09. The minimum Gasteiger partial charge on any atom is -0.478 e. The maximum absolute atomic E-state index is 11.5. The van der Waals surface area contributed by atoms with Gasteiger partial charge in [0.25, 0.3) is 5.69 Å². The van der Waals surface area contributed by atoms with E-state index in [0.29, 0.717) is 18.1 Å². The van der Waals surface area contributed by atoms with E-state index in [9.17, 15) is 14.9 Å². The molecule has 0 fully saturated rings. The first-order chi connectivity index (χ1) is 12.5. The lowest BCUT2D eigenvalue weighted by molar-refractivity contribution is -0.384. The Kier molecular flexibility index (Phi) is 4.97. The molecular formula is C19H19N3O4. The van der Waals surface area contributed by atoms with Crippen molar-refractivity contribution in [1.82, 2.24) is 9.55 Å². The quantitative estimate of drug-likeness (QED) is 0.274. The van der Waals surface area contributed by atoms with Crippen LogP contribution in [0.2, 0.25) is 0 Å². The maximum atomic E-state index is 11.5. The van der Waals surface area contributed by atoms with Crippen molar-refractivity contribution in [2.45, 2.75) is 26.7 Å². The molecule has 134 valence electrons. The predicted octanol–water partition coefficient (Wildman–Crippen LogP) is 4.23. The molecule has 3 aromatic rings. The van der Waals surface area contributed by atoms with Crippen molar-refractivity contribution in [3.05, 3.63) is 57.9 Å². The molecule has 2 aromatic heterocycles. The molecule has 0 bridgehead atoms. The summed E-state index contributed by atoms with van der Waals surface area (Å²) in [5, 5.41) is 11.7. The number of hydrogen-bond acceptors (Lipinski definition) is 5. The Hall–Kier alpha value is -3.22. The molecule has 0 amide bonds. The molecule has 7 heteroatoms. The van der Waals surface area contributed by atoms with Crippen LogP contribution in [-0.2, 0) is 0 Å². The van der Waals surface area contributed by atoms with Gasteiger partial charge in [0.1, 0.15) is 0 Å². The summed E-state index contributed by atoms with van der Waals surface area (Å²) in [6, 6.07) is 6.39. The van der Waals surface area contributed by atoms with Gasteiger partial charge in [-0.15, -0.1) is 0 Å². The van der Waals surface area contributed by atoms with Crippen LogP contribution in [0.3, 0.4) is 0 Å². The van der Waals surface area contributed by atoms with Crippen LogP contribution >= 0.6 is 0 Å². The van der Waals surface area contributed by atoms with Crippen LogP contribution in [0.5, 0.6) is 5.88 Å². The molecule has 0 aliphatic heterocycles. The first-order valence-electron chi connectivity index (χ1n) is 8.39. The maximum Gasteiger partial charge on any atom is 0.269 e. The number of ether oxygens (including phenoxy) is 1. The van der Waals surface area contributed by atoms with Crippen molar-refractivity contribution in [2.24, 2.45) is 0 Å². The normalized spacial score (nSPS) is 10.8. The second kappa shape index (κ2) is 7.35. The molecule has 1 aromatic carbocycles. The van der Waals surface area contributed by atoms with Crippen LogP contribution in [0.25, 0.3) is 16.6 Å². The minimum atomic E-state index is -0.428. The fourth-order valence-corrected chi connectivity index (χ4v) is 2.85.